The number of hydrogen-bond acceptors (Lipinski definition) is 7. The van der Waals surface area contributed by atoms with Gasteiger partial charge >= 0.3 is 6.09 Å². The van der Waals surface area contributed by atoms with E-state index in [0.29, 0.717) is 13.0 Å². The van der Waals surface area contributed by atoms with Crippen molar-refractivity contribution in [2.75, 3.05) is 20.1 Å². The number of likely N-dealkylation sites (tertiary alicyclic amines) is 1. The number of rotatable bonds is 13. The summed E-state index contributed by atoms with van der Waals surface area (Å²) in [5.74, 6) is -2.86. The smallest absolute Gasteiger partial charge is 0.408 e. The highest BCUT2D eigenvalue weighted by atomic mass is 16.6. The van der Waals surface area contributed by atoms with Gasteiger partial charge in [0.1, 0.15) is 17.7 Å². The van der Waals surface area contributed by atoms with E-state index < -0.39 is 47.4 Å². The van der Waals surface area contributed by atoms with Gasteiger partial charge in [0.25, 0.3) is 5.91 Å². The second-order valence-electron chi connectivity index (χ2n) is 16.3. The van der Waals surface area contributed by atoms with Gasteiger partial charge in [0.2, 0.25) is 23.5 Å². The summed E-state index contributed by atoms with van der Waals surface area (Å²) < 4.78 is 5.51. The van der Waals surface area contributed by atoms with Crippen LogP contribution >= 0.6 is 0 Å². The van der Waals surface area contributed by atoms with E-state index in [1.165, 1.54) is 0 Å². The second-order valence-corrected chi connectivity index (χ2v) is 16.3. The van der Waals surface area contributed by atoms with E-state index in [1.807, 2.05) is 20.8 Å². The highest BCUT2D eigenvalue weighted by Crippen LogP contribution is 2.65. The lowest BCUT2D eigenvalue weighted by Gasteiger charge is -2.37. The number of carbonyl (C=O) groups is 6. The van der Waals surface area contributed by atoms with E-state index in [0.717, 1.165) is 32.1 Å². The van der Waals surface area contributed by atoms with Crippen LogP contribution in [0.1, 0.15) is 107 Å². The van der Waals surface area contributed by atoms with Crippen molar-refractivity contribution in [1.29, 1.82) is 0 Å². The van der Waals surface area contributed by atoms with Gasteiger partial charge in [-0.25, -0.2) is 4.79 Å². The molecule has 3 aliphatic rings. The molecule has 1 saturated heterocycles. The molecule has 0 aromatic carbocycles. The van der Waals surface area contributed by atoms with Crippen LogP contribution in [-0.4, -0.2) is 94.7 Å². The molecule has 12 heteroatoms. The molecule has 1 heterocycles. The molecular weight excluding hydrogens is 614 g/mol. The van der Waals surface area contributed by atoms with Gasteiger partial charge in [-0.05, 0) is 90.4 Å². The normalized spacial score (nSPS) is 23.2. The third-order valence-corrected chi connectivity index (χ3v) is 10.3. The summed E-state index contributed by atoms with van der Waals surface area (Å²) >= 11 is 0. The van der Waals surface area contributed by atoms with E-state index in [2.05, 4.69) is 36.4 Å². The van der Waals surface area contributed by atoms with Gasteiger partial charge < -0.3 is 30.5 Å². The third-order valence-electron chi connectivity index (χ3n) is 10.3. The minimum absolute atomic E-state index is 0.0211. The summed E-state index contributed by atoms with van der Waals surface area (Å²) in [5.41, 5.74) is -1.32. The number of nitrogens with zero attached hydrogens (tertiary/aromatic N) is 2. The van der Waals surface area contributed by atoms with Crippen molar-refractivity contribution >= 4 is 35.5 Å². The van der Waals surface area contributed by atoms with Crippen molar-refractivity contribution in [2.45, 2.75) is 136 Å². The molecule has 1 aliphatic heterocycles. The van der Waals surface area contributed by atoms with Crippen molar-refractivity contribution < 1.29 is 33.5 Å². The zero-order valence-electron chi connectivity index (χ0n) is 30.6. The Morgan fingerprint density at radius 2 is 1.62 bits per heavy atom. The topological polar surface area (TPSA) is 154 Å². The highest BCUT2D eigenvalue weighted by Gasteiger charge is 2.69. The Bertz CT molecular complexity index is 1240. The minimum atomic E-state index is -1.14. The van der Waals surface area contributed by atoms with Gasteiger partial charge in [-0.3, -0.25) is 24.0 Å². The van der Waals surface area contributed by atoms with Crippen molar-refractivity contribution in [1.82, 2.24) is 25.8 Å². The standard InChI is InChI=1S/C36H59N5O7/c1-11-12-18-24(29(43)31(45)37-20-19-25(42)40(10)34(2,3)4)38-30(44)28-26-23(36(26,8)9)21-41(28)32(46)27(22-16-14-13-15-17-22)39-33(47)48-35(5,6)7/h11,22-24,26-28H,1,12-21H2,2-10H3,(H,37,45)(H,38,44)(H,39,47)/t23-,24?,26-,27-,28-/m0/s1. The van der Waals surface area contributed by atoms with E-state index in [4.69, 9.17) is 4.74 Å². The van der Waals surface area contributed by atoms with Crippen LogP contribution in [0.2, 0.25) is 0 Å². The highest BCUT2D eigenvalue weighted by molar-refractivity contribution is 6.38. The van der Waals surface area contributed by atoms with Crippen LogP contribution in [0.15, 0.2) is 12.7 Å². The SMILES string of the molecule is C=CCCC(NC(=O)[C@@H]1[C@@H]2[C@H](CN1C(=O)[C@@H](NC(=O)OC(C)(C)C)C1CCCCC1)C2(C)C)C(=O)C(=O)NCCC(=O)N(C)C(C)(C)C. The summed E-state index contributed by atoms with van der Waals surface area (Å²) in [5, 5.41) is 8.18. The average molecular weight is 674 g/mol. The fourth-order valence-corrected chi connectivity index (χ4v) is 7.16. The minimum Gasteiger partial charge on any atom is -0.444 e. The Kier molecular flexibility index (Phi) is 12.5. The molecule has 3 fully saturated rings. The van der Waals surface area contributed by atoms with E-state index in [-0.39, 0.29) is 59.9 Å². The summed E-state index contributed by atoms with van der Waals surface area (Å²) in [4.78, 5) is 83.3. The van der Waals surface area contributed by atoms with E-state index in [9.17, 15) is 28.8 Å². The molecule has 270 valence electrons. The molecule has 3 rings (SSSR count). The molecule has 2 saturated carbocycles. The summed E-state index contributed by atoms with van der Waals surface area (Å²) in [6, 6.07) is -2.85. The predicted octanol–water partition coefficient (Wildman–Crippen LogP) is 3.73. The molecule has 1 unspecified atom stereocenters. The number of allylic oxidation sites excluding steroid dienone is 1. The molecule has 3 N–H and O–H groups in total. The lowest BCUT2D eigenvalue weighted by molar-refractivity contribution is -0.145. The van der Waals surface area contributed by atoms with Crippen molar-refractivity contribution in [3.05, 3.63) is 12.7 Å². The summed E-state index contributed by atoms with van der Waals surface area (Å²) in [6.07, 6.45) is 5.98. The Labute approximate surface area is 286 Å². The molecule has 5 amide bonds. The van der Waals surface area contributed by atoms with Gasteiger partial charge in [0.15, 0.2) is 0 Å². The first kappa shape index (κ1) is 39.0. The number of carbonyl (C=O) groups excluding carboxylic acids is 6. The number of fused-ring (bicyclic) bond motifs is 1. The Hall–Kier alpha value is -3.44. The number of ether oxygens (including phenoxy) is 1. The molecule has 0 aromatic rings. The molecule has 12 nitrogen and oxygen atoms in total. The predicted molar refractivity (Wildman–Crippen MR) is 183 cm³/mol. The average Bonchev–Trinajstić information content (AvgIpc) is 3.31. The first-order chi connectivity index (χ1) is 22.2. The van der Waals surface area contributed by atoms with Crippen LogP contribution in [0, 0.1) is 23.2 Å². The third kappa shape index (κ3) is 9.59. The first-order valence-corrected chi connectivity index (χ1v) is 17.5. The largest absolute Gasteiger partial charge is 0.444 e. The first-order valence-electron chi connectivity index (χ1n) is 17.5. The zero-order chi connectivity index (χ0) is 36.2. The molecule has 48 heavy (non-hydrogen) atoms. The molecule has 0 radical (unpaired) electrons. The zero-order valence-corrected chi connectivity index (χ0v) is 30.6. The molecular formula is C36H59N5O7. The van der Waals surface area contributed by atoms with Crippen molar-refractivity contribution in [2.24, 2.45) is 23.2 Å². The monoisotopic (exact) mass is 673 g/mol. The molecule has 0 bridgehead atoms. The fraction of sp³-hybridized carbons (Fsp3) is 0.778. The van der Waals surface area contributed by atoms with Crippen molar-refractivity contribution in [3.8, 4) is 0 Å². The number of Topliss-reactive ketones (excluding diaryl/α,β-unsaturated/α-hetero) is 1. The summed E-state index contributed by atoms with van der Waals surface area (Å²) in [7, 11) is 1.68. The van der Waals surface area contributed by atoms with Crippen LogP contribution < -0.4 is 16.0 Å². The lowest BCUT2D eigenvalue weighted by Crippen LogP contribution is -2.60. The maximum absolute atomic E-state index is 14.3. The van der Waals surface area contributed by atoms with Gasteiger partial charge in [-0.1, -0.05) is 39.2 Å². The quantitative estimate of drug-likeness (QED) is 0.199. The molecule has 2 aliphatic carbocycles. The number of amides is 5. The maximum atomic E-state index is 14.3. The Balaban J connectivity index is 1.77. The van der Waals surface area contributed by atoms with E-state index in [1.54, 1.807) is 43.7 Å². The van der Waals surface area contributed by atoms with Crippen LogP contribution in [0.5, 0.6) is 0 Å². The van der Waals surface area contributed by atoms with Gasteiger partial charge in [-0.2, -0.15) is 0 Å². The molecule has 5 atom stereocenters. The number of nitrogens with one attached hydrogen (secondary N) is 3. The Morgan fingerprint density at radius 3 is 2.19 bits per heavy atom. The van der Waals surface area contributed by atoms with Crippen molar-refractivity contribution in [3.63, 3.8) is 0 Å². The number of hydrogen-bond donors (Lipinski definition) is 3. The second kappa shape index (κ2) is 15.4. The van der Waals surface area contributed by atoms with Gasteiger partial charge in [0.05, 0.1) is 6.04 Å². The summed E-state index contributed by atoms with van der Waals surface area (Å²) in [6.45, 7) is 19.2. The van der Waals surface area contributed by atoms with Crippen LogP contribution in [-0.2, 0) is 28.7 Å². The lowest BCUT2D eigenvalue weighted by atomic mass is 9.83. The number of piperidine rings is 1. The van der Waals surface area contributed by atoms with Gasteiger partial charge in [-0.15, -0.1) is 6.58 Å². The number of alkyl carbamates (subject to hydrolysis) is 1. The van der Waals surface area contributed by atoms with Crippen LogP contribution in [0.4, 0.5) is 4.79 Å². The Morgan fingerprint density at radius 1 is 1.00 bits per heavy atom. The van der Waals surface area contributed by atoms with Crippen LogP contribution in [0.25, 0.3) is 0 Å². The molecule has 0 aromatic heterocycles. The fourth-order valence-electron chi connectivity index (χ4n) is 7.16. The van der Waals surface area contributed by atoms with E-state index >= 15 is 0 Å². The molecule has 0 spiro atoms. The van der Waals surface area contributed by atoms with Crippen LogP contribution in [0.3, 0.4) is 0 Å². The number of ketones is 1. The van der Waals surface area contributed by atoms with Gasteiger partial charge in [0, 0.05) is 32.1 Å². The maximum Gasteiger partial charge on any atom is 0.408 e.